The zero-order valence-corrected chi connectivity index (χ0v) is 11.9. The van der Waals surface area contributed by atoms with Gasteiger partial charge in [0.25, 0.3) is 0 Å². The topological polar surface area (TPSA) is 29.3 Å². The molecule has 0 radical (unpaired) electrons. The van der Waals surface area contributed by atoms with Gasteiger partial charge < -0.3 is 10.6 Å². The van der Waals surface area contributed by atoms with Crippen LogP contribution in [0.5, 0.6) is 0 Å². The Bertz CT molecular complexity index is 359. The molecule has 1 aromatic rings. The molecule has 100 valence electrons. The lowest BCUT2D eigenvalue weighted by atomic mass is 9.86. The van der Waals surface area contributed by atoms with E-state index in [1.54, 1.807) is 0 Å². The molecule has 1 saturated heterocycles. The minimum Gasteiger partial charge on any atom is -0.372 e. The molecule has 1 aliphatic rings. The van der Waals surface area contributed by atoms with Crippen molar-refractivity contribution in [3.63, 3.8) is 0 Å². The van der Waals surface area contributed by atoms with Gasteiger partial charge in [-0.1, -0.05) is 26.0 Å². The van der Waals surface area contributed by atoms with Crippen molar-refractivity contribution in [1.29, 1.82) is 0 Å². The van der Waals surface area contributed by atoms with E-state index in [1.165, 1.54) is 37.2 Å². The maximum atomic E-state index is 5.88. The molecule has 18 heavy (non-hydrogen) atoms. The summed E-state index contributed by atoms with van der Waals surface area (Å²) in [6.45, 7) is 9.11. The third kappa shape index (κ3) is 3.05. The molecule has 0 spiro atoms. The van der Waals surface area contributed by atoms with E-state index < -0.39 is 0 Å². The molecule has 0 amide bonds. The van der Waals surface area contributed by atoms with E-state index >= 15 is 0 Å². The maximum absolute atomic E-state index is 5.88. The summed E-state index contributed by atoms with van der Waals surface area (Å²) >= 11 is 0. The average molecular weight is 246 g/mol. The van der Waals surface area contributed by atoms with Gasteiger partial charge in [-0.25, -0.2) is 0 Å². The zero-order chi connectivity index (χ0) is 13.1. The predicted octanol–water partition coefficient (Wildman–Crippen LogP) is 3.58. The van der Waals surface area contributed by atoms with Crippen LogP contribution in [0.2, 0.25) is 0 Å². The fourth-order valence-electron chi connectivity index (χ4n) is 2.81. The molecule has 0 bridgehead atoms. The normalized spacial score (nSPS) is 19.3. The van der Waals surface area contributed by atoms with Gasteiger partial charge in [-0.2, -0.15) is 0 Å². The van der Waals surface area contributed by atoms with Crippen LogP contribution in [0.3, 0.4) is 0 Å². The quantitative estimate of drug-likeness (QED) is 0.883. The number of nitrogens with zero attached hydrogens (tertiary/aromatic N) is 1. The largest absolute Gasteiger partial charge is 0.372 e. The Morgan fingerprint density at radius 2 is 1.61 bits per heavy atom. The summed E-state index contributed by atoms with van der Waals surface area (Å²) < 4.78 is 0. The second-order valence-corrected chi connectivity index (χ2v) is 5.95. The number of nitrogens with two attached hydrogens (primary N) is 1. The highest BCUT2D eigenvalue weighted by molar-refractivity contribution is 5.48. The highest BCUT2D eigenvalue weighted by atomic mass is 15.1. The summed E-state index contributed by atoms with van der Waals surface area (Å²) in [5, 5.41) is 0. The number of hydrogen-bond donors (Lipinski definition) is 1. The highest BCUT2D eigenvalue weighted by Gasteiger charge is 2.21. The smallest absolute Gasteiger partial charge is 0.0366 e. The molecule has 1 fully saturated rings. The molecule has 0 aromatic heterocycles. The molecule has 1 aromatic carbocycles. The van der Waals surface area contributed by atoms with Gasteiger partial charge in [0.1, 0.15) is 0 Å². The molecule has 2 heteroatoms. The minimum absolute atomic E-state index is 0.130. The van der Waals surface area contributed by atoms with Crippen molar-refractivity contribution in [3.8, 4) is 0 Å². The molecule has 1 unspecified atom stereocenters. The Balaban J connectivity index is 1.97. The van der Waals surface area contributed by atoms with Crippen LogP contribution in [0.25, 0.3) is 0 Å². The molecular weight excluding hydrogens is 220 g/mol. The van der Waals surface area contributed by atoms with Crippen molar-refractivity contribution in [2.45, 2.75) is 39.7 Å². The van der Waals surface area contributed by atoms with Gasteiger partial charge in [-0.05, 0) is 49.3 Å². The van der Waals surface area contributed by atoms with E-state index in [-0.39, 0.29) is 6.04 Å². The van der Waals surface area contributed by atoms with E-state index in [0.29, 0.717) is 0 Å². The van der Waals surface area contributed by atoms with Crippen LogP contribution in [0.15, 0.2) is 24.3 Å². The van der Waals surface area contributed by atoms with Gasteiger partial charge in [-0.15, -0.1) is 0 Å². The van der Waals surface area contributed by atoms with E-state index in [0.717, 1.165) is 11.8 Å². The van der Waals surface area contributed by atoms with E-state index in [9.17, 15) is 0 Å². The Morgan fingerprint density at radius 1 is 1.06 bits per heavy atom. The van der Waals surface area contributed by atoms with Gasteiger partial charge in [0, 0.05) is 24.8 Å². The molecule has 2 rings (SSSR count). The molecule has 1 heterocycles. The number of hydrogen-bond acceptors (Lipinski definition) is 2. The van der Waals surface area contributed by atoms with Crippen molar-refractivity contribution in [2.24, 2.45) is 17.6 Å². The molecule has 1 atom stereocenters. The molecular formula is C16H26N2. The van der Waals surface area contributed by atoms with Gasteiger partial charge >= 0.3 is 0 Å². The summed E-state index contributed by atoms with van der Waals surface area (Å²) in [7, 11) is 0. The third-order valence-corrected chi connectivity index (χ3v) is 4.27. The molecule has 2 nitrogen and oxygen atoms in total. The molecule has 0 saturated carbocycles. The maximum Gasteiger partial charge on any atom is 0.0366 e. The lowest BCUT2D eigenvalue weighted by Crippen LogP contribution is -2.35. The van der Waals surface area contributed by atoms with Gasteiger partial charge in [0.15, 0.2) is 0 Å². The summed E-state index contributed by atoms with van der Waals surface area (Å²) in [6, 6.07) is 8.89. The van der Waals surface area contributed by atoms with Gasteiger partial charge in [-0.3, -0.25) is 0 Å². The first-order valence-corrected chi connectivity index (χ1v) is 7.18. The predicted molar refractivity (Wildman–Crippen MR) is 78.8 cm³/mol. The average Bonchev–Trinajstić information content (AvgIpc) is 2.39. The van der Waals surface area contributed by atoms with Crippen LogP contribution >= 0.6 is 0 Å². The standard InChI is InChI=1S/C16H26N2/c1-12(2)14-8-10-18(11-9-14)16-6-4-15(5-7-16)13(3)17/h4-7,12-14H,8-11,17H2,1-3H3. The van der Waals surface area contributed by atoms with Gasteiger partial charge in [0.05, 0.1) is 0 Å². The molecule has 1 aliphatic heterocycles. The Labute approximate surface area is 111 Å². The lowest BCUT2D eigenvalue weighted by molar-refractivity contribution is 0.311. The second-order valence-electron chi connectivity index (χ2n) is 5.95. The zero-order valence-electron chi connectivity index (χ0n) is 11.9. The van der Waals surface area contributed by atoms with Crippen molar-refractivity contribution in [1.82, 2.24) is 0 Å². The number of benzene rings is 1. The second kappa shape index (κ2) is 5.75. The van der Waals surface area contributed by atoms with E-state index in [4.69, 9.17) is 5.73 Å². The number of piperidine rings is 1. The Hall–Kier alpha value is -1.02. The van der Waals surface area contributed by atoms with Crippen molar-refractivity contribution >= 4 is 5.69 Å². The third-order valence-electron chi connectivity index (χ3n) is 4.27. The first kappa shape index (κ1) is 13.4. The van der Waals surface area contributed by atoms with Crippen molar-refractivity contribution in [2.75, 3.05) is 18.0 Å². The van der Waals surface area contributed by atoms with Crippen molar-refractivity contribution < 1.29 is 0 Å². The highest BCUT2D eigenvalue weighted by Crippen LogP contribution is 2.28. The van der Waals surface area contributed by atoms with Crippen LogP contribution in [-0.2, 0) is 0 Å². The van der Waals surface area contributed by atoms with Crippen LogP contribution in [0, 0.1) is 11.8 Å². The van der Waals surface area contributed by atoms with Crippen molar-refractivity contribution in [3.05, 3.63) is 29.8 Å². The van der Waals surface area contributed by atoms with Crippen LogP contribution < -0.4 is 10.6 Å². The number of rotatable bonds is 3. The monoisotopic (exact) mass is 246 g/mol. The van der Waals surface area contributed by atoms with Crippen LogP contribution in [0.1, 0.15) is 45.2 Å². The van der Waals surface area contributed by atoms with Crippen LogP contribution in [0.4, 0.5) is 5.69 Å². The Kier molecular flexibility index (Phi) is 4.28. The summed E-state index contributed by atoms with van der Waals surface area (Å²) in [5.74, 6) is 1.73. The van der Waals surface area contributed by atoms with Gasteiger partial charge in [0.2, 0.25) is 0 Å². The van der Waals surface area contributed by atoms with Crippen LogP contribution in [-0.4, -0.2) is 13.1 Å². The lowest BCUT2D eigenvalue weighted by Gasteiger charge is -2.35. The number of anilines is 1. The first-order chi connectivity index (χ1) is 8.58. The minimum atomic E-state index is 0.130. The SMILES string of the molecule is CC(N)c1ccc(N2CCC(C(C)C)CC2)cc1. The summed E-state index contributed by atoms with van der Waals surface area (Å²) in [5.41, 5.74) is 8.45. The Morgan fingerprint density at radius 3 is 2.06 bits per heavy atom. The molecule has 2 N–H and O–H groups in total. The first-order valence-electron chi connectivity index (χ1n) is 7.18. The van der Waals surface area contributed by atoms with E-state index in [1.807, 2.05) is 6.92 Å². The van der Waals surface area contributed by atoms with E-state index in [2.05, 4.69) is 43.0 Å². The summed E-state index contributed by atoms with van der Waals surface area (Å²) in [6.07, 6.45) is 2.65. The molecule has 0 aliphatic carbocycles. The fraction of sp³-hybridized carbons (Fsp3) is 0.625. The fourth-order valence-corrected chi connectivity index (χ4v) is 2.81. The summed E-state index contributed by atoms with van der Waals surface area (Å²) in [4.78, 5) is 2.50.